The standard InChI is InChI=1S/C10H11IO/c11-10(7-4-8-12)9-5-2-1-3-6-9/h1-3,5-7,12H,4,8H2/b10-7-. The second-order valence-corrected chi connectivity index (χ2v) is 3.59. The monoisotopic (exact) mass is 274 g/mol. The van der Waals surface area contributed by atoms with E-state index in [0.29, 0.717) is 0 Å². The Morgan fingerprint density at radius 3 is 2.58 bits per heavy atom. The second-order valence-electron chi connectivity index (χ2n) is 2.43. The van der Waals surface area contributed by atoms with Gasteiger partial charge in [-0.1, -0.05) is 36.4 Å². The molecule has 0 aliphatic heterocycles. The molecule has 0 heterocycles. The van der Waals surface area contributed by atoms with Gasteiger partial charge in [-0.05, 0) is 34.6 Å². The van der Waals surface area contributed by atoms with Crippen molar-refractivity contribution < 1.29 is 5.11 Å². The normalized spacial score (nSPS) is 11.7. The van der Waals surface area contributed by atoms with Gasteiger partial charge in [0.05, 0.1) is 0 Å². The van der Waals surface area contributed by atoms with Gasteiger partial charge in [-0.15, -0.1) is 0 Å². The quantitative estimate of drug-likeness (QED) is 0.840. The first-order valence-corrected chi connectivity index (χ1v) is 4.94. The third-order valence-electron chi connectivity index (χ3n) is 1.50. The van der Waals surface area contributed by atoms with Crippen molar-refractivity contribution >= 4 is 26.2 Å². The van der Waals surface area contributed by atoms with E-state index in [1.165, 1.54) is 9.14 Å². The molecule has 0 saturated carbocycles. The molecule has 0 bridgehead atoms. The molecule has 0 amide bonds. The van der Waals surface area contributed by atoms with Crippen LogP contribution in [0.25, 0.3) is 3.58 Å². The number of halogens is 1. The van der Waals surface area contributed by atoms with Gasteiger partial charge in [-0.2, -0.15) is 0 Å². The fraction of sp³-hybridized carbons (Fsp3) is 0.200. The van der Waals surface area contributed by atoms with Gasteiger partial charge in [0.25, 0.3) is 0 Å². The van der Waals surface area contributed by atoms with E-state index in [1.807, 2.05) is 24.3 Å². The van der Waals surface area contributed by atoms with Crippen LogP contribution in [0.5, 0.6) is 0 Å². The summed E-state index contributed by atoms with van der Waals surface area (Å²) in [5, 5.41) is 8.61. The number of hydrogen-bond acceptors (Lipinski definition) is 1. The van der Waals surface area contributed by atoms with E-state index in [1.54, 1.807) is 0 Å². The molecule has 0 saturated heterocycles. The van der Waals surface area contributed by atoms with Crippen molar-refractivity contribution in [3.8, 4) is 0 Å². The van der Waals surface area contributed by atoms with Crippen LogP contribution in [-0.2, 0) is 0 Å². The molecule has 1 aromatic rings. The zero-order chi connectivity index (χ0) is 8.81. The van der Waals surface area contributed by atoms with Crippen molar-refractivity contribution in [1.82, 2.24) is 0 Å². The molecule has 12 heavy (non-hydrogen) atoms. The van der Waals surface area contributed by atoms with Gasteiger partial charge >= 0.3 is 0 Å². The zero-order valence-corrected chi connectivity index (χ0v) is 8.86. The summed E-state index contributed by atoms with van der Waals surface area (Å²) in [6.45, 7) is 0.222. The molecule has 0 unspecified atom stereocenters. The van der Waals surface area contributed by atoms with Crippen LogP contribution in [0.2, 0.25) is 0 Å². The van der Waals surface area contributed by atoms with Gasteiger partial charge in [0.2, 0.25) is 0 Å². The molecule has 0 spiro atoms. The second kappa shape index (κ2) is 5.32. The Kier molecular flexibility index (Phi) is 4.32. The molecule has 1 nitrogen and oxygen atoms in total. The molecule has 1 aromatic carbocycles. The smallest absolute Gasteiger partial charge is 0.0466 e. The minimum atomic E-state index is 0.222. The average molecular weight is 274 g/mol. The van der Waals surface area contributed by atoms with Crippen molar-refractivity contribution in [2.75, 3.05) is 6.61 Å². The molecule has 0 aromatic heterocycles. The summed E-state index contributed by atoms with van der Waals surface area (Å²) in [5.41, 5.74) is 1.21. The lowest BCUT2D eigenvalue weighted by atomic mass is 10.2. The number of rotatable bonds is 3. The maximum atomic E-state index is 8.61. The lowest BCUT2D eigenvalue weighted by Crippen LogP contribution is -1.79. The minimum Gasteiger partial charge on any atom is -0.396 e. The number of hydrogen-bond donors (Lipinski definition) is 1. The van der Waals surface area contributed by atoms with Crippen molar-refractivity contribution in [1.29, 1.82) is 0 Å². The average Bonchev–Trinajstić information content (AvgIpc) is 2.15. The highest BCUT2D eigenvalue weighted by Gasteiger charge is 1.93. The third kappa shape index (κ3) is 2.95. The molecule has 0 fully saturated rings. The van der Waals surface area contributed by atoms with E-state index in [2.05, 4.69) is 34.7 Å². The molecule has 1 N–H and O–H groups in total. The molecule has 2 heteroatoms. The number of aliphatic hydroxyl groups is 1. The van der Waals surface area contributed by atoms with Crippen LogP contribution in [0.3, 0.4) is 0 Å². The number of benzene rings is 1. The van der Waals surface area contributed by atoms with Gasteiger partial charge in [-0.3, -0.25) is 0 Å². The van der Waals surface area contributed by atoms with Crippen LogP contribution < -0.4 is 0 Å². The maximum Gasteiger partial charge on any atom is 0.0466 e. The van der Waals surface area contributed by atoms with Crippen molar-refractivity contribution in [3.63, 3.8) is 0 Å². The van der Waals surface area contributed by atoms with E-state index in [9.17, 15) is 0 Å². The van der Waals surface area contributed by atoms with Gasteiger partial charge in [0, 0.05) is 10.2 Å². The van der Waals surface area contributed by atoms with E-state index in [-0.39, 0.29) is 6.61 Å². The Hall–Kier alpha value is -0.350. The Labute approximate surface area is 86.3 Å². The van der Waals surface area contributed by atoms with Crippen molar-refractivity contribution in [3.05, 3.63) is 42.0 Å². The highest BCUT2D eigenvalue weighted by Crippen LogP contribution is 2.21. The first-order chi connectivity index (χ1) is 5.84. The Morgan fingerprint density at radius 2 is 2.00 bits per heavy atom. The molecule has 1 rings (SSSR count). The fourth-order valence-corrected chi connectivity index (χ4v) is 1.58. The predicted octanol–water partition coefficient (Wildman–Crippen LogP) is 2.84. The van der Waals surface area contributed by atoms with Crippen LogP contribution in [0, 0.1) is 0 Å². The highest BCUT2D eigenvalue weighted by molar-refractivity contribution is 14.1. The molecular weight excluding hydrogens is 263 g/mol. The van der Waals surface area contributed by atoms with E-state index < -0.39 is 0 Å². The number of aliphatic hydroxyl groups excluding tert-OH is 1. The topological polar surface area (TPSA) is 20.2 Å². The van der Waals surface area contributed by atoms with Crippen LogP contribution in [0.15, 0.2) is 36.4 Å². The summed E-state index contributed by atoms with van der Waals surface area (Å²) in [4.78, 5) is 0. The molecule has 0 aliphatic carbocycles. The molecular formula is C10H11IO. The minimum absolute atomic E-state index is 0.222. The van der Waals surface area contributed by atoms with Crippen molar-refractivity contribution in [2.45, 2.75) is 6.42 Å². The summed E-state index contributed by atoms with van der Waals surface area (Å²) in [5.74, 6) is 0. The Balaban J connectivity index is 2.71. The third-order valence-corrected chi connectivity index (χ3v) is 2.57. The lowest BCUT2D eigenvalue weighted by molar-refractivity contribution is 0.303. The fourth-order valence-electron chi connectivity index (χ4n) is 0.906. The van der Waals surface area contributed by atoms with Crippen LogP contribution >= 0.6 is 22.6 Å². The summed E-state index contributed by atoms with van der Waals surface area (Å²) >= 11 is 2.28. The maximum absolute atomic E-state index is 8.61. The van der Waals surface area contributed by atoms with Crippen LogP contribution in [0.1, 0.15) is 12.0 Å². The molecule has 64 valence electrons. The molecule has 0 radical (unpaired) electrons. The van der Waals surface area contributed by atoms with Gasteiger partial charge in [-0.25, -0.2) is 0 Å². The zero-order valence-electron chi connectivity index (χ0n) is 6.70. The largest absolute Gasteiger partial charge is 0.396 e. The highest BCUT2D eigenvalue weighted by atomic mass is 127. The lowest BCUT2D eigenvalue weighted by Gasteiger charge is -1.97. The Bertz CT molecular complexity index is 254. The van der Waals surface area contributed by atoms with E-state index >= 15 is 0 Å². The van der Waals surface area contributed by atoms with Crippen LogP contribution in [0.4, 0.5) is 0 Å². The van der Waals surface area contributed by atoms with E-state index in [4.69, 9.17) is 5.11 Å². The first kappa shape index (κ1) is 9.74. The molecule has 0 atom stereocenters. The SMILES string of the molecule is OCC/C=C(\I)c1ccccc1. The summed E-state index contributed by atoms with van der Waals surface area (Å²) in [6, 6.07) is 10.2. The predicted molar refractivity (Wildman–Crippen MR) is 60.1 cm³/mol. The van der Waals surface area contributed by atoms with Gasteiger partial charge < -0.3 is 5.11 Å². The molecule has 0 aliphatic rings. The Morgan fingerprint density at radius 1 is 1.33 bits per heavy atom. The van der Waals surface area contributed by atoms with Crippen LogP contribution in [-0.4, -0.2) is 11.7 Å². The van der Waals surface area contributed by atoms with E-state index in [0.717, 1.165) is 6.42 Å². The summed E-state index contributed by atoms with van der Waals surface area (Å²) in [6.07, 6.45) is 2.77. The first-order valence-electron chi connectivity index (χ1n) is 3.86. The summed E-state index contributed by atoms with van der Waals surface area (Å²) < 4.78 is 1.20. The van der Waals surface area contributed by atoms with Gasteiger partial charge in [0.15, 0.2) is 0 Å². The summed E-state index contributed by atoms with van der Waals surface area (Å²) in [7, 11) is 0. The van der Waals surface area contributed by atoms with Crippen molar-refractivity contribution in [2.24, 2.45) is 0 Å². The van der Waals surface area contributed by atoms with Gasteiger partial charge in [0.1, 0.15) is 0 Å².